The zero-order valence-corrected chi connectivity index (χ0v) is 17.8. The number of rotatable bonds is 6. The molecule has 172 valence electrons. The summed E-state index contributed by atoms with van der Waals surface area (Å²) < 4.78 is 60.6. The number of hydrogen-bond acceptors (Lipinski definition) is 6. The molecule has 2 fully saturated rings. The van der Waals surface area contributed by atoms with E-state index in [0.29, 0.717) is 43.2 Å². The highest BCUT2D eigenvalue weighted by Crippen LogP contribution is 2.34. The van der Waals surface area contributed by atoms with Crippen LogP contribution in [0.1, 0.15) is 48.0 Å². The quantitative estimate of drug-likeness (QED) is 0.669. The predicted octanol–water partition coefficient (Wildman–Crippen LogP) is 1.86. The Morgan fingerprint density at radius 3 is 2.64 bits per heavy atom. The number of ether oxygens (including phenoxy) is 2. The molecular weight excluding hydrogens is 422 g/mol. The van der Waals surface area contributed by atoms with E-state index in [2.05, 4.69) is 0 Å². The number of amides is 3. The van der Waals surface area contributed by atoms with Crippen molar-refractivity contribution in [3.05, 3.63) is 64.7 Å². The van der Waals surface area contributed by atoms with Gasteiger partial charge in [-0.1, -0.05) is 30.3 Å². The summed E-state index contributed by atoms with van der Waals surface area (Å²) in [6.45, 7) is 0.208. The third-order valence-corrected chi connectivity index (χ3v) is 5.72. The van der Waals surface area contributed by atoms with E-state index in [1.54, 1.807) is 41.3 Å². The van der Waals surface area contributed by atoms with Crippen molar-refractivity contribution in [1.82, 2.24) is 15.1 Å². The molecule has 8 nitrogen and oxygen atoms in total. The van der Waals surface area contributed by atoms with Crippen molar-refractivity contribution >= 4 is 17.7 Å². The van der Waals surface area contributed by atoms with Crippen molar-refractivity contribution in [3.8, 4) is 5.75 Å². The number of carbonyl (C=O) groups is 3. The minimum atomic E-state index is -3.02. The molecule has 3 heterocycles. The summed E-state index contributed by atoms with van der Waals surface area (Å²) in [4.78, 5) is 40.4. The van der Waals surface area contributed by atoms with Gasteiger partial charge in [0.2, 0.25) is 11.8 Å². The molecule has 0 spiro atoms. The Labute approximate surface area is 200 Å². The third-order valence-electron chi connectivity index (χ3n) is 5.72. The summed E-state index contributed by atoms with van der Waals surface area (Å²) in [5.74, 6) is -2.79. The highest BCUT2D eigenvalue weighted by molar-refractivity contribution is 6.05. The van der Waals surface area contributed by atoms with Gasteiger partial charge in [0.05, 0.1) is 19.8 Å². The maximum Gasteiger partial charge on any atom is 0.255 e. The first kappa shape index (κ1) is 15.6. The Bertz CT molecular complexity index is 1310. The Kier molecular flexibility index (Phi) is 4.40. The predicted molar refractivity (Wildman–Crippen MR) is 119 cm³/mol. The molecule has 1 unspecified atom stereocenters. The summed E-state index contributed by atoms with van der Waals surface area (Å²) in [5, 5.41) is 1.84. The van der Waals surface area contributed by atoms with Gasteiger partial charge in [-0.15, -0.1) is 0 Å². The van der Waals surface area contributed by atoms with Crippen molar-refractivity contribution in [3.63, 3.8) is 0 Å². The molecule has 2 aromatic carbocycles. The van der Waals surface area contributed by atoms with Crippen molar-refractivity contribution in [2.45, 2.75) is 38.4 Å². The largest absolute Gasteiger partial charge is 0.489 e. The van der Waals surface area contributed by atoms with Crippen molar-refractivity contribution in [2.75, 3.05) is 26.3 Å². The number of benzene rings is 2. The van der Waals surface area contributed by atoms with Gasteiger partial charge in [0.25, 0.3) is 5.91 Å². The molecule has 2 aromatic rings. The summed E-state index contributed by atoms with van der Waals surface area (Å²) >= 11 is 0. The molecule has 3 amide bonds. The van der Waals surface area contributed by atoms with Crippen LogP contribution in [0, 0.1) is 0 Å². The minimum Gasteiger partial charge on any atom is -0.489 e. The molecule has 0 bridgehead atoms. The van der Waals surface area contributed by atoms with Crippen LogP contribution in [0.15, 0.2) is 42.5 Å². The maximum absolute atomic E-state index is 13.2. The zero-order chi connectivity index (χ0) is 28.2. The van der Waals surface area contributed by atoms with Crippen LogP contribution in [-0.4, -0.2) is 59.9 Å². The monoisotopic (exact) mass is 455 g/mol. The number of fused-ring (bicyclic) bond motifs is 1. The van der Waals surface area contributed by atoms with Gasteiger partial charge in [-0.25, -0.2) is 0 Å². The maximum atomic E-state index is 13.2. The van der Waals surface area contributed by atoms with Gasteiger partial charge in [0.1, 0.15) is 18.4 Å². The summed E-state index contributed by atoms with van der Waals surface area (Å²) in [6.07, 6.45) is -5.98. The van der Waals surface area contributed by atoms with Gasteiger partial charge in [0, 0.05) is 45.3 Å². The van der Waals surface area contributed by atoms with Gasteiger partial charge in [-0.3, -0.25) is 24.6 Å². The van der Waals surface area contributed by atoms with E-state index in [1.807, 2.05) is 5.32 Å². The Morgan fingerprint density at radius 2 is 1.85 bits per heavy atom. The highest BCUT2D eigenvalue weighted by atomic mass is 16.5. The second-order valence-corrected chi connectivity index (χ2v) is 7.90. The van der Waals surface area contributed by atoms with Gasteiger partial charge >= 0.3 is 0 Å². The normalized spacial score (nSPS) is 27.3. The molecule has 0 saturated carbocycles. The first-order valence-corrected chi connectivity index (χ1v) is 10.7. The van der Waals surface area contributed by atoms with Crippen LogP contribution < -0.4 is 10.1 Å². The molecule has 0 radical (unpaired) electrons. The van der Waals surface area contributed by atoms with Crippen LogP contribution in [0.25, 0.3) is 0 Å². The van der Waals surface area contributed by atoms with Crippen LogP contribution in [0.3, 0.4) is 0 Å². The number of morpholine rings is 1. The molecular formula is C25H27N3O5. The van der Waals surface area contributed by atoms with Gasteiger partial charge in [-0.2, -0.15) is 0 Å². The van der Waals surface area contributed by atoms with Crippen LogP contribution in [0.2, 0.25) is 0 Å². The summed E-state index contributed by atoms with van der Waals surface area (Å²) in [7, 11) is 0. The van der Waals surface area contributed by atoms with E-state index >= 15 is 0 Å². The van der Waals surface area contributed by atoms with E-state index in [4.69, 9.17) is 17.7 Å². The molecule has 2 saturated heterocycles. The first-order valence-electron chi connectivity index (χ1n) is 13.7. The SMILES string of the molecule is [2H]C([2H])(c1ccc(COc2cccc3c2CN(C2C(=O)NC(=O)C([2H])([2H])C2([2H])[2H])C3=O)cc1)N1CCOCC1. The molecule has 0 aliphatic carbocycles. The smallest absolute Gasteiger partial charge is 0.255 e. The summed E-state index contributed by atoms with van der Waals surface area (Å²) in [5.41, 5.74) is 1.88. The van der Waals surface area contributed by atoms with Gasteiger partial charge in [0.15, 0.2) is 0 Å². The second-order valence-electron chi connectivity index (χ2n) is 7.90. The molecule has 3 aliphatic heterocycles. The van der Waals surface area contributed by atoms with E-state index in [-0.39, 0.29) is 18.7 Å². The fourth-order valence-corrected chi connectivity index (χ4v) is 3.99. The lowest BCUT2D eigenvalue weighted by molar-refractivity contribution is -0.136. The second kappa shape index (κ2) is 9.33. The Morgan fingerprint density at radius 1 is 1.09 bits per heavy atom. The standard InChI is InChI=1S/C25H27N3O5/c29-23-9-8-21(24(30)26-23)28-15-20-19(25(28)31)2-1-3-22(20)33-16-18-6-4-17(5-7-18)14-27-10-12-32-13-11-27/h1-7,21H,8-16H2,(H,26,29,30)/i8D2,9D2,14D2. The van der Waals surface area contributed by atoms with Crippen LogP contribution in [-0.2, 0) is 34.0 Å². The Balaban J connectivity index is 1.32. The lowest BCUT2D eigenvalue weighted by Gasteiger charge is -2.29. The zero-order valence-electron chi connectivity index (χ0n) is 23.8. The number of carbonyl (C=O) groups excluding carboxylic acids is 3. The average Bonchev–Trinajstić information content (AvgIpc) is 3.23. The van der Waals surface area contributed by atoms with Gasteiger partial charge in [-0.05, 0) is 29.6 Å². The molecule has 8 heteroatoms. The molecule has 1 atom stereocenters. The number of nitrogens with one attached hydrogen (secondary N) is 1. The molecule has 1 N–H and O–H groups in total. The van der Waals surface area contributed by atoms with E-state index in [9.17, 15) is 14.4 Å². The van der Waals surface area contributed by atoms with E-state index < -0.39 is 43.0 Å². The fraction of sp³-hybridized carbons (Fsp3) is 0.400. The molecule has 3 aliphatic rings. The number of piperidine rings is 1. The third kappa shape index (κ3) is 4.62. The minimum absolute atomic E-state index is 0.104. The molecule has 5 rings (SSSR count). The summed E-state index contributed by atoms with van der Waals surface area (Å²) in [6, 6.07) is 9.81. The Hall–Kier alpha value is -3.23. The lowest BCUT2D eigenvalue weighted by Crippen LogP contribution is -2.52. The average molecular weight is 456 g/mol. The number of imide groups is 1. The topological polar surface area (TPSA) is 88.2 Å². The van der Waals surface area contributed by atoms with Crippen LogP contribution in [0.5, 0.6) is 5.75 Å². The first-order chi connectivity index (χ1) is 18.4. The van der Waals surface area contributed by atoms with Crippen molar-refractivity contribution in [2.24, 2.45) is 0 Å². The molecule has 33 heavy (non-hydrogen) atoms. The van der Waals surface area contributed by atoms with E-state index in [1.165, 1.54) is 6.07 Å². The van der Waals surface area contributed by atoms with Gasteiger partial charge < -0.3 is 14.4 Å². The fourth-order valence-electron chi connectivity index (χ4n) is 3.99. The van der Waals surface area contributed by atoms with Crippen molar-refractivity contribution in [1.29, 1.82) is 0 Å². The van der Waals surface area contributed by atoms with Crippen LogP contribution in [0.4, 0.5) is 0 Å². The van der Waals surface area contributed by atoms with Crippen LogP contribution >= 0.6 is 0 Å². The van der Waals surface area contributed by atoms with E-state index in [0.717, 1.165) is 10.5 Å². The number of nitrogens with zero attached hydrogens (tertiary/aromatic N) is 2. The highest BCUT2D eigenvalue weighted by Gasteiger charge is 2.40. The van der Waals surface area contributed by atoms with Crippen molar-refractivity contribution < 1.29 is 32.1 Å². The number of hydrogen-bond donors (Lipinski definition) is 1. The lowest BCUT2D eigenvalue weighted by atomic mass is 10.0. The molecule has 0 aromatic heterocycles.